The van der Waals surface area contributed by atoms with Crippen molar-refractivity contribution in [3.8, 4) is 5.75 Å². The molecule has 1 heterocycles. The topological polar surface area (TPSA) is 43.6 Å². The number of hydrogen-bond acceptors (Lipinski definition) is 3. The van der Waals surface area contributed by atoms with Gasteiger partial charge in [-0.15, -0.1) is 0 Å². The summed E-state index contributed by atoms with van der Waals surface area (Å²) in [6, 6.07) is 15.7. The predicted octanol–water partition coefficient (Wildman–Crippen LogP) is 4.18. The highest BCUT2D eigenvalue weighted by molar-refractivity contribution is 7.16. The number of carbonyl (C=O) groups is 1. The minimum atomic E-state index is -0.124. The van der Waals surface area contributed by atoms with Crippen LogP contribution in [0.1, 0.15) is 25.8 Å². The summed E-state index contributed by atoms with van der Waals surface area (Å²) in [5.74, 6) is 0.724. The third kappa shape index (κ3) is 3.99. The third-order valence-electron chi connectivity index (χ3n) is 3.83. The van der Waals surface area contributed by atoms with E-state index in [1.54, 1.807) is 0 Å². The second kappa shape index (κ2) is 8.12. The van der Waals surface area contributed by atoms with Crippen molar-refractivity contribution in [1.29, 1.82) is 0 Å². The Morgan fingerprint density at radius 3 is 2.64 bits per heavy atom. The third-order valence-corrected chi connectivity index (χ3v) is 4.87. The molecule has 3 aromatic rings. The average Bonchev–Trinajstić information content (AvgIpc) is 2.94. The van der Waals surface area contributed by atoms with E-state index in [-0.39, 0.29) is 5.91 Å². The number of aromatic nitrogens is 1. The maximum absolute atomic E-state index is 12.4. The number of fused-ring (bicyclic) bond motifs is 1. The molecule has 2 aromatic carbocycles. The Bertz CT molecular complexity index is 926. The van der Waals surface area contributed by atoms with Gasteiger partial charge in [0, 0.05) is 6.54 Å². The monoisotopic (exact) mass is 354 g/mol. The van der Waals surface area contributed by atoms with E-state index in [2.05, 4.69) is 22.5 Å². The lowest BCUT2D eigenvalue weighted by atomic mass is 10.1. The molecule has 0 radical (unpaired) electrons. The van der Waals surface area contributed by atoms with Gasteiger partial charge >= 0.3 is 0 Å². The molecule has 0 fully saturated rings. The number of benzene rings is 2. The fourth-order valence-electron chi connectivity index (χ4n) is 2.80. The van der Waals surface area contributed by atoms with Crippen molar-refractivity contribution >= 4 is 27.5 Å². The van der Waals surface area contributed by atoms with Crippen LogP contribution in [0.4, 0.5) is 0 Å². The molecule has 0 unspecified atom stereocenters. The molecule has 0 N–H and O–H groups in total. The zero-order valence-electron chi connectivity index (χ0n) is 14.6. The number of hydrogen-bond donors (Lipinski definition) is 0. The number of carbonyl (C=O) groups excluding carboxylic acids is 1. The molecule has 5 heteroatoms. The van der Waals surface area contributed by atoms with Gasteiger partial charge in [0.2, 0.25) is 0 Å². The molecule has 1 aromatic heterocycles. The quantitative estimate of drug-likeness (QED) is 0.666. The van der Waals surface area contributed by atoms with Crippen molar-refractivity contribution in [3.63, 3.8) is 0 Å². The smallest absolute Gasteiger partial charge is 0.252 e. The Kier molecular flexibility index (Phi) is 5.66. The van der Waals surface area contributed by atoms with Gasteiger partial charge in [-0.2, -0.15) is 4.99 Å². The van der Waals surface area contributed by atoms with Gasteiger partial charge in [0.15, 0.2) is 4.80 Å². The van der Waals surface area contributed by atoms with E-state index in [9.17, 15) is 4.79 Å². The molecule has 0 aliphatic carbocycles. The van der Waals surface area contributed by atoms with E-state index >= 15 is 0 Å². The number of ether oxygens (including phenoxy) is 1. The zero-order chi connectivity index (χ0) is 17.6. The van der Waals surface area contributed by atoms with Gasteiger partial charge in [0.1, 0.15) is 11.3 Å². The Balaban J connectivity index is 2.04. The Labute approximate surface area is 151 Å². The summed E-state index contributed by atoms with van der Waals surface area (Å²) in [7, 11) is 0. The lowest BCUT2D eigenvalue weighted by Gasteiger charge is -2.08. The van der Waals surface area contributed by atoms with Crippen LogP contribution in [0.2, 0.25) is 0 Å². The molecule has 0 bridgehead atoms. The molecule has 0 atom stereocenters. The second-order valence-electron chi connectivity index (χ2n) is 5.74. The number of para-hydroxylation sites is 1. The zero-order valence-corrected chi connectivity index (χ0v) is 15.4. The molecule has 3 rings (SSSR count). The minimum absolute atomic E-state index is 0.124. The highest BCUT2D eigenvalue weighted by atomic mass is 32.1. The van der Waals surface area contributed by atoms with Crippen LogP contribution in [0, 0.1) is 0 Å². The van der Waals surface area contributed by atoms with Crippen LogP contribution in [-0.4, -0.2) is 17.1 Å². The molecule has 0 aliphatic heterocycles. The van der Waals surface area contributed by atoms with Gasteiger partial charge in [-0.05, 0) is 31.0 Å². The molecule has 0 saturated carbocycles. The number of nitrogens with zero attached hydrogens (tertiary/aromatic N) is 2. The first kappa shape index (κ1) is 17.4. The first-order valence-corrected chi connectivity index (χ1v) is 9.41. The molecule has 4 nitrogen and oxygen atoms in total. The molecule has 130 valence electrons. The maximum Gasteiger partial charge on any atom is 0.252 e. The molecule has 0 spiro atoms. The average molecular weight is 354 g/mol. The number of amides is 1. The van der Waals surface area contributed by atoms with E-state index in [1.807, 2.05) is 49.4 Å². The molecule has 0 saturated heterocycles. The van der Waals surface area contributed by atoms with Crippen LogP contribution in [0.5, 0.6) is 5.75 Å². The van der Waals surface area contributed by atoms with E-state index in [1.165, 1.54) is 11.3 Å². The Morgan fingerprint density at radius 2 is 1.92 bits per heavy atom. The van der Waals surface area contributed by atoms with Gasteiger partial charge in [-0.3, -0.25) is 4.79 Å². The molecule has 1 amide bonds. The van der Waals surface area contributed by atoms with Crippen molar-refractivity contribution < 1.29 is 9.53 Å². The summed E-state index contributed by atoms with van der Waals surface area (Å²) in [5.41, 5.74) is 2.01. The minimum Gasteiger partial charge on any atom is -0.492 e. The standard InChI is InChI=1S/C20H22N2O2S/c1-3-13-22-19-16(24-4-2)11-8-12-17(19)25-20(22)21-18(23)14-15-9-6-5-7-10-15/h5-12H,3-4,13-14H2,1-2H3. The van der Waals surface area contributed by atoms with E-state index < -0.39 is 0 Å². The highest BCUT2D eigenvalue weighted by Gasteiger charge is 2.12. The van der Waals surface area contributed by atoms with Crippen molar-refractivity contribution in [2.24, 2.45) is 4.99 Å². The predicted molar refractivity (Wildman–Crippen MR) is 102 cm³/mol. The summed E-state index contributed by atoms with van der Waals surface area (Å²) in [4.78, 5) is 17.6. The van der Waals surface area contributed by atoms with E-state index in [4.69, 9.17) is 4.74 Å². The fourth-order valence-corrected chi connectivity index (χ4v) is 3.89. The van der Waals surface area contributed by atoms with Gasteiger partial charge < -0.3 is 9.30 Å². The molecule has 0 aliphatic rings. The lowest BCUT2D eigenvalue weighted by molar-refractivity contribution is -0.117. The number of thiazole rings is 1. The van der Waals surface area contributed by atoms with Crippen molar-refractivity contribution in [2.45, 2.75) is 33.2 Å². The SMILES string of the molecule is CCCn1c(=NC(=O)Cc2ccccc2)sc2cccc(OCC)c21. The normalized spacial score (nSPS) is 11.8. The second-order valence-corrected chi connectivity index (χ2v) is 6.75. The van der Waals surface area contributed by atoms with Crippen molar-refractivity contribution in [2.75, 3.05) is 6.61 Å². The first-order valence-electron chi connectivity index (χ1n) is 8.59. The van der Waals surface area contributed by atoms with Crippen LogP contribution in [0.25, 0.3) is 10.2 Å². The molecular formula is C20H22N2O2S. The highest BCUT2D eigenvalue weighted by Crippen LogP contribution is 2.27. The van der Waals surface area contributed by atoms with Crippen LogP contribution in [0.3, 0.4) is 0 Å². The molecular weight excluding hydrogens is 332 g/mol. The van der Waals surface area contributed by atoms with Crippen LogP contribution in [-0.2, 0) is 17.8 Å². The lowest BCUT2D eigenvalue weighted by Crippen LogP contribution is -2.17. The summed E-state index contributed by atoms with van der Waals surface area (Å²) < 4.78 is 8.97. The fraction of sp³-hybridized carbons (Fsp3) is 0.300. The summed E-state index contributed by atoms with van der Waals surface area (Å²) in [6.45, 7) is 5.52. The Hall–Kier alpha value is -2.40. The first-order chi connectivity index (χ1) is 12.2. The largest absolute Gasteiger partial charge is 0.492 e. The van der Waals surface area contributed by atoms with Crippen LogP contribution in [0.15, 0.2) is 53.5 Å². The van der Waals surface area contributed by atoms with Crippen molar-refractivity contribution in [3.05, 3.63) is 58.9 Å². The van der Waals surface area contributed by atoms with Crippen molar-refractivity contribution in [1.82, 2.24) is 4.57 Å². The molecule has 25 heavy (non-hydrogen) atoms. The summed E-state index contributed by atoms with van der Waals surface area (Å²) in [5, 5.41) is 0. The summed E-state index contributed by atoms with van der Waals surface area (Å²) in [6.07, 6.45) is 1.28. The maximum atomic E-state index is 12.4. The van der Waals surface area contributed by atoms with Gasteiger partial charge in [-0.25, -0.2) is 0 Å². The van der Waals surface area contributed by atoms with E-state index in [0.29, 0.717) is 13.0 Å². The van der Waals surface area contributed by atoms with Gasteiger partial charge in [-0.1, -0.05) is 54.7 Å². The number of rotatable bonds is 6. The van der Waals surface area contributed by atoms with Gasteiger partial charge in [0.05, 0.1) is 17.7 Å². The summed E-state index contributed by atoms with van der Waals surface area (Å²) >= 11 is 1.54. The van der Waals surface area contributed by atoms with Gasteiger partial charge in [0.25, 0.3) is 5.91 Å². The van der Waals surface area contributed by atoms with E-state index in [0.717, 1.165) is 39.3 Å². The van der Waals surface area contributed by atoms with Crippen LogP contribution < -0.4 is 9.54 Å². The van der Waals surface area contributed by atoms with Crippen LogP contribution >= 0.6 is 11.3 Å². The number of aryl methyl sites for hydroxylation is 1. The Morgan fingerprint density at radius 1 is 1.12 bits per heavy atom.